The molecule has 0 fully saturated rings. The molecule has 2 aromatic rings. The number of ether oxygens (including phenoxy) is 1. The molecule has 110 valence electrons. The SMILES string of the molecule is CCCNc1cc(Oc2ccc([N+](=O)[O-])cc2)nc(N)n1. The van der Waals surface area contributed by atoms with E-state index in [9.17, 15) is 10.1 Å². The Morgan fingerprint density at radius 1 is 1.33 bits per heavy atom. The van der Waals surface area contributed by atoms with Crippen molar-refractivity contribution in [2.75, 3.05) is 17.6 Å². The smallest absolute Gasteiger partial charge is 0.269 e. The van der Waals surface area contributed by atoms with Crippen molar-refractivity contribution in [3.63, 3.8) is 0 Å². The molecule has 8 heteroatoms. The Labute approximate surface area is 121 Å². The molecule has 8 nitrogen and oxygen atoms in total. The molecule has 0 unspecified atom stereocenters. The molecule has 0 amide bonds. The summed E-state index contributed by atoms with van der Waals surface area (Å²) in [5.41, 5.74) is 5.61. The number of hydrogen-bond acceptors (Lipinski definition) is 7. The quantitative estimate of drug-likeness (QED) is 0.620. The summed E-state index contributed by atoms with van der Waals surface area (Å²) in [5, 5.41) is 13.7. The van der Waals surface area contributed by atoms with Crippen molar-refractivity contribution in [3.05, 3.63) is 40.4 Å². The van der Waals surface area contributed by atoms with Gasteiger partial charge in [0.15, 0.2) is 0 Å². The zero-order valence-electron chi connectivity index (χ0n) is 11.4. The van der Waals surface area contributed by atoms with E-state index in [0.29, 0.717) is 11.6 Å². The first-order chi connectivity index (χ1) is 10.1. The maximum Gasteiger partial charge on any atom is 0.269 e. The van der Waals surface area contributed by atoms with Crippen LogP contribution >= 0.6 is 0 Å². The molecule has 0 aliphatic rings. The molecule has 2 rings (SSSR count). The van der Waals surface area contributed by atoms with E-state index in [-0.39, 0.29) is 17.5 Å². The number of nitrogens with one attached hydrogen (secondary N) is 1. The highest BCUT2D eigenvalue weighted by atomic mass is 16.6. The molecule has 0 aliphatic carbocycles. The summed E-state index contributed by atoms with van der Waals surface area (Å²) in [7, 11) is 0. The van der Waals surface area contributed by atoms with Gasteiger partial charge in [-0.05, 0) is 18.6 Å². The second-order valence-electron chi connectivity index (χ2n) is 4.23. The highest BCUT2D eigenvalue weighted by Gasteiger charge is 2.07. The van der Waals surface area contributed by atoms with E-state index in [0.717, 1.165) is 13.0 Å². The Morgan fingerprint density at radius 3 is 2.67 bits per heavy atom. The molecule has 0 saturated carbocycles. The number of non-ortho nitro benzene ring substituents is 1. The summed E-state index contributed by atoms with van der Waals surface area (Å²) < 4.78 is 5.52. The van der Waals surface area contributed by atoms with Crippen LogP contribution in [0.1, 0.15) is 13.3 Å². The first-order valence-electron chi connectivity index (χ1n) is 6.39. The third-order valence-electron chi connectivity index (χ3n) is 2.55. The number of rotatable bonds is 6. The van der Waals surface area contributed by atoms with E-state index >= 15 is 0 Å². The second kappa shape index (κ2) is 6.51. The summed E-state index contributed by atoms with van der Waals surface area (Å²) in [6.45, 7) is 2.79. The molecule has 3 N–H and O–H groups in total. The standard InChI is InChI=1S/C13H15N5O3/c1-2-7-15-11-8-12(17-13(14)16-11)21-10-5-3-9(4-6-10)18(19)20/h3-6,8H,2,7H2,1H3,(H3,14,15,16,17). The summed E-state index contributed by atoms with van der Waals surface area (Å²) in [6.07, 6.45) is 0.947. The van der Waals surface area contributed by atoms with Crippen molar-refractivity contribution >= 4 is 17.5 Å². The van der Waals surface area contributed by atoms with Crippen LogP contribution in [0.2, 0.25) is 0 Å². The van der Waals surface area contributed by atoms with Gasteiger partial charge in [0.05, 0.1) is 4.92 Å². The molecular formula is C13H15N5O3. The maximum absolute atomic E-state index is 10.6. The largest absolute Gasteiger partial charge is 0.439 e. The van der Waals surface area contributed by atoms with Crippen molar-refractivity contribution in [1.82, 2.24) is 9.97 Å². The van der Waals surface area contributed by atoms with Crippen LogP contribution in [0.15, 0.2) is 30.3 Å². The van der Waals surface area contributed by atoms with Crippen LogP contribution in [-0.2, 0) is 0 Å². The van der Waals surface area contributed by atoms with Crippen LogP contribution in [0.25, 0.3) is 0 Å². The van der Waals surface area contributed by atoms with Crippen LogP contribution in [0.3, 0.4) is 0 Å². The third kappa shape index (κ3) is 4.03. The first-order valence-corrected chi connectivity index (χ1v) is 6.39. The minimum Gasteiger partial charge on any atom is -0.439 e. The van der Waals surface area contributed by atoms with Gasteiger partial charge in [-0.2, -0.15) is 9.97 Å². The third-order valence-corrected chi connectivity index (χ3v) is 2.55. The fourth-order valence-corrected chi connectivity index (χ4v) is 1.60. The van der Waals surface area contributed by atoms with Gasteiger partial charge in [0, 0.05) is 24.7 Å². The average Bonchev–Trinajstić information content (AvgIpc) is 2.45. The number of nitro groups is 1. The van der Waals surface area contributed by atoms with Gasteiger partial charge in [-0.15, -0.1) is 0 Å². The van der Waals surface area contributed by atoms with Gasteiger partial charge in [-0.25, -0.2) is 0 Å². The molecule has 0 saturated heterocycles. The van der Waals surface area contributed by atoms with Crippen molar-refractivity contribution in [2.45, 2.75) is 13.3 Å². The number of nitro benzene ring substituents is 1. The Kier molecular flexibility index (Phi) is 4.50. The van der Waals surface area contributed by atoms with Crippen LogP contribution in [-0.4, -0.2) is 21.4 Å². The topological polar surface area (TPSA) is 116 Å². The minimum absolute atomic E-state index is 0.00477. The Hall–Kier alpha value is -2.90. The van der Waals surface area contributed by atoms with Crippen LogP contribution in [0.4, 0.5) is 17.5 Å². The predicted molar refractivity (Wildman–Crippen MR) is 78.4 cm³/mol. The number of nitrogens with zero attached hydrogens (tertiary/aromatic N) is 3. The molecule has 0 atom stereocenters. The van der Waals surface area contributed by atoms with E-state index in [1.807, 2.05) is 6.92 Å². The zero-order chi connectivity index (χ0) is 15.2. The van der Waals surface area contributed by atoms with Gasteiger partial charge in [-0.1, -0.05) is 6.92 Å². The van der Waals surface area contributed by atoms with Crippen LogP contribution in [0, 0.1) is 10.1 Å². The van der Waals surface area contributed by atoms with Crippen molar-refractivity contribution < 1.29 is 9.66 Å². The zero-order valence-corrected chi connectivity index (χ0v) is 11.4. The molecule has 0 spiro atoms. The lowest BCUT2D eigenvalue weighted by molar-refractivity contribution is -0.384. The van der Waals surface area contributed by atoms with Crippen molar-refractivity contribution in [3.8, 4) is 11.6 Å². The van der Waals surface area contributed by atoms with Crippen LogP contribution < -0.4 is 15.8 Å². The van der Waals surface area contributed by atoms with Gasteiger partial charge in [0.2, 0.25) is 11.8 Å². The highest BCUT2D eigenvalue weighted by molar-refractivity contribution is 5.44. The Morgan fingerprint density at radius 2 is 2.05 bits per heavy atom. The minimum atomic E-state index is -0.473. The average molecular weight is 289 g/mol. The van der Waals surface area contributed by atoms with E-state index in [1.165, 1.54) is 24.3 Å². The number of nitrogen functional groups attached to an aromatic ring is 1. The fourth-order valence-electron chi connectivity index (χ4n) is 1.60. The molecule has 1 heterocycles. The van der Waals surface area contributed by atoms with E-state index in [2.05, 4.69) is 15.3 Å². The molecule has 0 aliphatic heterocycles. The van der Waals surface area contributed by atoms with Gasteiger partial charge in [0.25, 0.3) is 5.69 Å². The molecule has 0 radical (unpaired) electrons. The Balaban J connectivity index is 2.14. The van der Waals surface area contributed by atoms with E-state index < -0.39 is 4.92 Å². The number of anilines is 2. The summed E-state index contributed by atoms with van der Waals surface area (Å²) in [4.78, 5) is 18.1. The lowest BCUT2D eigenvalue weighted by Gasteiger charge is -2.08. The number of benzene rings is 1. The predicted octanol–water partition coefficient (Wildman–Crippen LogP) is 2.58. The highest BCUT2D eigenvalue weighted by Crippen LogP contribution is 2.24. The second-order valence-corrected chi connectivity index (χ2v) is 4.23. The van der Waals surface area contributed by atoms with E-state index in [1.54, 1.807) is 6.07 Å². The maximum atomic E-state index is 10.6. The van der Waals surface area contributed by atoms with E-state index in [4.69, 9.17) is 10.5 Å². The summed E-state index contributed by atoms with van der Waals surface area (Å²) >= 11 is 0. The first kappa shape index (κ1) is 14.5. The number of hydrogen-bond donors (Lipinski definition) is 2. The fraction of sp³-hybridized carbons (Fsp3) is 0.231. The van der Waals surface area contributed by atoms with Gasteiger partial charge in [0.1, 0.15) is 11.6 Å². The molecule has 21 heavy (non-hydrogen) atoms. The van der Waals surface area contributed by atoms with Gasteiger partial charge >= 0.3 is 0 Å². The molecular weight excluding hydrogens is 274 g/mol. The van der Waals surface area contributed by atoms with Gasteiger partial charge in [-0.3, -0.25) is 10.1 Å². The van der Waals surface area contributed by atoms with Crippen molar-refractivity contribution in [2.24, 2.45) is 0 Å². The lowest BCUT2D eigenvalue weighted by atomic mass is 10.3. The van der Waals surface area contributed by atoms with Gasteiger partial charge < -0.3 is 15.8 Å². The normalized spacial score (nSPS) is 10.1. The number of aromatic nitrogens is 2. The Bertz CT molecular complexity index is 630. The lowest BCUT2D eigenvalue weighted by Crippen LogP contribution is -2.05. The summed E-state index contributed by atoms with van der Waals surface area (Å²) in [6, 6.07) is 7.32. The molecule has 1 aromatic heterocycles. The van der Waals surface area contributed by atoms with Crippen LogP contribution in [0.5, 0.6) is 11.6 Å². The molecule has 0 bridgehead atoms. The monoisotopic (exact) mass is 289 g/mol. The van der Waals surface area contributed by atoms with Crippen molar-refractivity contribution in [1.29, 1.82) is 0 Å². The molecule has 1 aromatic carbocycles. The number of nitrogens with two attached hydrogens (primary N) is 1. The summed E-state index contributed by atoms with van der Waals surface area (Å²) in [5.74, 6) is 1.37.